The summed E-state index contributed by atoms with van der Waals surface area (Å²) in [6, 6.07) is 6.00. The predicted octanol–water partition coefficient (Wildman–Crippen LogP) is 4.25. The Morgan fingerprint density at radius 1 is 1.47 bits per heavy atom. The minimum Gasteiger partial charge on any atom is -0.463 e. The number of furan rings is 1. The Bertz CT molecular complexity index is 604. The molecule has 0 unspecified atom stereocenters. The molecule has 0 spiro atoms. The van der Waals surface area contributed by atoms with Crippen molar-refractivity contribution < 1.29 is 13.9 Å². The summed E-state index contributed by atoms with van der Waals surface area (Å²) >= 11 is 3.87. The molecule has 0 atom stereocenters. The molecule has 0 amide bonds. The first-order valence-corrected chi connectivity index (χ1v) is 8.26. The van der Waals surface area contributed by atoms with Crippen LogP contribution in [0.2, 0.25) is 0 Å². The maximum atomic E-state index is 11.7. The van der Waals surface area contributed by atoms with Crippen LogP contribution in [0.25, 0.3) is 11.0 Å². The molecule has 0 bridgehead atoms. The largest absolute Gasteiger partial charge is 0.463 e. The Morgan fingerprint density at radius 3 is 2.84 bits per heavy atom. The molecule has 3 nitrogen and oxygen atoms in total. The molecule has 2 aromatic rings. The summed E-state index contributed by atoms with van der Waals surface area (Å²) in [6.07, 6.45) is 2.07. The number of hydrogen-bond donors (Lipinski definition) is 0. The highest BCUT2D eigenvalue weighted by atomic mass is 127. The van der Waals surface area contributed by atoms with Crippen molar-refractivity contribution in [1.29, 1.82) is 0 Å². The van der Waals surface area contributed by atoms with Gasteiger partial charge in [-0.1, -0.05) is 0 Å². The van der Waals surface area contributed by atoms with E-state index in [4.69, 9.17) is 9.15 Å². The zero-order valence-electron chi connectivity index (χ0n) is 11.0. The summed E-state index contributed by atoms with van der Waals surface area (Å²) in [5.74, 6) is 0.439. The van der Waals surface area contributed by atoms with Crippen molar-refractivity contribution in [3.05, 3.63) is 27.5 Å². The molecule has 1 aromatic heterocycles. The van der Waals surface area contributed by atoms with Crippen molar-refractivity contribution in [1.82, 2.24) is 0 Å². The molecule has 1 aromatic carbocycles. The fraction of sp³-hybridized carbons (Fsp3) is 0.357. The first-order chi connectivity index (χ1) is 9.01. The van der Waals surface area contributed by atoms with Crippen LogP contribution in [-0.4, -0.2) is 18.3 Å². The van der Waals surface area contributed by atoms with Gasteiger partial charge in [-0.15, -0.1) is 11.8 Å². The monoisotopic (exact) mass is 390 g/mol. The Balaban J connectivity index is 2.35. The van der Waals surface area contributed by atoms with Gasteiger partial charge in [0.15, 0.2) is 0 Å². The van der Waals surface area contributed by atoms with Crippen molar-refractivity contribution in [2.75, 3.05) is 6.26 Å². The maximum Gasteiger partial charge on any atom is 0.313 e. The summed E-state index contributed by atoms with van der Waals surface area (Å²) in [4.78, 5) is 12.8. The fourth-order valence-corrected chi connectivity index (χ4v) is 3.09. The zero-order valence-corrected chi connectivity index (χ0v) is 14.0. The third-order valence-electron chi connectivity index (χ3n) is 2.55. The minimum absolute atomic E-state index is 0.101. The zero-order chi connectivity index (χ0) is 14.0. The van der Waals surface area contributed by atoms with Crippen molar-refractivity contribution >= 4 is 51.3 Å². The highest BCUT2D eigenvalue weighted by Crippen LogP contribution is 2.34. The third-order valence-corrected chi connectivity index (χ3v) is 4.08. The quantitative estimate of drug-likeness (QED) is 0.445. The van der Waals surface area contributed by atoms with Gasteiger partial charge >= 0.3 is 5.97 Å². The molecule has 2 rings (SSSR count). The van der Waals surface area contributed by atoms with E-state index < -0.39 is 0 Å². The van der Waals surface area contributed by atoms with Gasteiger partial charge in [0.05, 0.1) is 11.0 Å². The van der Waals surface area contributed by atoms with Crippen LogP contribution in [0.3, 0.4) is 0 Å². The molecule has 0 saturated carbocycles. The van der Waals surface area contributed by atoms with Gasteiger partial charge in [-0.05, 0) is 60.9 Å². The number of ether oxygens (including phenoxy) is 1. The summed E-state index contributed by atoms with van der Waals surface area (Å²) in [7, 11) is 0. The average molecular weight is 390 g/mol. The lowest BCUT2D eigenvalue weighted by Gasteiger charge is -2.06. The van der Waals surface area contributed by atoms with Crippen LogP contribution >= 0.6 is 34.4 Å². The van der Waals surface area contributed by atoms with Gasteiger partial charge in [-0.3, -0.25) is 4.79 Å². The third kappa shape index (κ3) is 3.45. The van der Waals surface area contributed by atoms with Crippen LogP contribution in [-0.2, 0) is 16.0 Å². The maximum absolute atomic E-state index is 11.7. The number of carbonyl (C=O) groups is 1. The number of thioether (sulfide) groups is 1. The first kappa shape index (κ1) is 14.7. The lowest BCUT2D eigenvalue weighted by molar-refractivity contribution is -0.146. The van der Waals surface area contributed by atoms with Gasteiger partial charge in [0.1, 0.15) is 17.8 Å². The van der Waals surface area contributed by atoms with Crippen molar-refractivity contribution in [3.63, 3.8) is 0 Å². The molecule has 0 aliphatic heterocycles. The van der Waals surface area contributed by atoms with Crippen LogP contribution in [0.1, 0.15) is 19.6 Å². The van der Waals surface area contributed by atoms with Gasteiger partial charge in [0, 0.05) is 8.96 Å². The van der Waals surface area contributed by atoms with E-state index in [1.807, 2.05) is 32.2 Å². The second kappa shape index (κ2) is 6.17. The number of hydrogen-bond acceptors (Lipinski definition) is 4. The SMILES string of the molecule is CSc1c(CC(=O)OC(C)C)oc2ccc(I)cc12. The number of halogens is 1. The predicted molar refractivity (Wildman–Crippen MR) is 85.6 cm³/mol. The summed E-state index contributed by atoms with van der Waals surface area (Å²) < 4.78 is 12.1. The van der Waals surface area contributed by atoms with Crippen LogP contribution in [0, 0.1) is 3.57 Å². The molecule has 19 heavy (non-hydrogen) atoms. The second-order valence-electron chi connectivity index (χ2n) is 4.41. The number of fused-ring (bicyclic) bond motifs is 1. The van der Waals surface area contributed by atoms with E-state index in [0.717, 1.165) is 19.4 Å². The Labute approximate surface area is 130 Å². The van der Waals surface area contributed by atoms with E-state index in [-0.39, 0.29) is 18.5 Å². The average Bonchev–Trinajstić information content (AvgIpc) is 2.64. The van der Waals surface area contributed by atoms with E-state index in [1.165, 1.54) is 0 Å². The molecule has 0 aliphatic rings. The molecule has 1 heterocycles. The fourth-order valence-electron chi connectivity index (χ4n) is 1.87. The summed E-state index contributed by atoms with van der Waals surface area (Å²) in [6.45, 7) is 3.68. The highest BCUT2D eigenvalue weighted by Gasteiger charge is 2.18. The molecule has 0 N–H and O–H groups in total. The molecule has 5 heteroatoms. The highest BCUT2D eigenvalue weighted by molar-refractivity contribution is 14.1. The first-order valence-electron chi connectivity index (χ1n) is 5.95. The van der Waals surface area contributed by atoms with Crippen LogP contribution < -0.4 is 0 Å². The normalized spacial score (nSPS) is 11.2. The summed E-state index contributed by atoms with van der Waals surface area (Å²) in [5.41, 5.74) is 0.817. The van der Waals surface area contributed by atoms with E-state index >= 15 is 0 Å². The van der Waals surface area contributed by atoms with Crippen molar-refractivity contribution in [2.24, 2.45) is 0 Å². The molecule has 0 aliphatic carbocycles. The second-order valence-corrected chi connectivity index (χ2v) is 6.48. The Hall–Kier alpha value is -0.690. The van der Waals surface area contributed by atoms with Gasteiger partial charge in [-0.25, -0.2) is 0 Å². The van der Waals surface area contributed by atoms with Gasteiger partial charge in [0.2, 0.25) is 0 Å². The van der Waals surface area contributed by atoms with Crippen molar-refractivity contribution in [3.8, 4) is 0 Å². The lowest BCUT2D eigenvalue weighted by atomic mass is 10.2. The van der Waals surface area contributed by atoms with Crippen LogP contribution in [0.15, 0.2) is 27.5 Å². The molecular formula is C14H15IO3S. The van der Waals surface area contributed by atoms with Crippen molar-refractivity contribution in [2.45, 2.75) is 31.3 Å². The molecule has 102 valence electrons. The molecule has 0 radical (unpaired) electrons. The van der Waals surface area contributed by atoms with Gasteiger partial charge in [0.25, 0.3) is 0 Å². The van der Waals surface area contributed by atoms with Gasteiger partial charge in [-0.2, -0.15) is 0 Å². The number of rotatable bonds is 4. The van der Waals surface area contributed by atoms with E-state index in [1.54, 1.807) is 11.8 Å². The number of benzene rings is 1. The smallest absolute Gasteiger partial charge is 0.313 e. The standard InChI is InChI=1S/C14H15IO3S/c1-8(2)17-13(16)7-12-14(19-3)10-6-9(15)4-5-11(10)18-12/h4-6,8H,7H2,1-3H3. The summed E-state index contributed by atoms with van der Waals surface area (Å²) in [5, 5.41) is 1.06. The van der Waals surface area contributed by atoms with E-state index in [9.17, 15) is 4.79 Å². The van der Waals surface area contributed by atoms with Gasteiger partial charge < -0.3 is 9.15 Å². The topological polar surface area (TPSA) is 39.4 Å². The lowest BCUT2D eigenvalue weighted by Crippen LogP contribution is -2.13. The van der Waals surface area contributed by atoms with Crippen LogP contribution in [0.4, 0.5) is 0 Å². The minimum atomic E-state index is -0.251. The Morgan fingerprint density at radius 2 is 2.21 bits per heavy atom. The molecule has 0 fully saturated rings. The Kier molecular flexibility index (Phi) is 4.78. The van der Waals surface area contributed by atoms with Crippen LogP contribution in [0.5, 0.6) is 0 Å². The van der Waals surface area contributed by atoms with E-state index in [2.05, 4.69) is 28.7 Å². The van der Waals surface area contributed by atoms with E-state index in [0.29, 0.717) is 5.76 Å². The number of carbonyl (C=O) groups excluding carboxylic acids is 1. The number of esters is 1. The molecular weight excluding hydrogens is 375 g/mol. The molecule has 0 saturated heterocycles.